The molecule has 1 heterocycles. The Balaban J connectivity index is 2.26. The number of amides is 2. The largest absolute Gasteiger partial charge is 0.321 e. The van der Waals surface area contributed by atoms with Crippen LogP contribution >= 0.6 is 11.3 Å². The summed E-state index contributed by atoms with van der Waals surface area (Å²) in [6.45, 7) is 7.98. The molecule has 6 nitrogen and oxygen atoms in total. The minimum absolute atomic E-state index is 0.119. The molecule has 132 valence electrons. The van der Waals surface area contributed by atoms with Crippen LogP contribution in [0.15, 0.2) is 30.3 Å². The van der Waals surface area contributed by atoms with Crippen LogP contribution < -0.4 is 10.8 Å². The maximum atomic E-state index is 12.6. The summed E-state index contributed by atoms with van der Waals surface area (Å²) in [4.78, 5) is 28.8. The number of thiazole rings is 1. The van der Waals surface area contributed by atoms with Crippen molar-refractivity contribution in [1.29, 1.82) is 0 Å². The lowest BCUT2D eigenvalue weighted by atomic mass is 9.98. The van der Waals surface area contributed by atoms with Crippen molar-refractivity contribution in [2.24, 2.45) is 0 Å². The fourth-order valence-electron chi connectivity index (χ4n) is 2.07. The molecule has 2 aromatic rings. The van der Waals surface area contributed by atoms with Crippen molar-refractivity contribution < 1.29 is 14.8 Å². The van der Waals surface area contributed by atoms with Crippen LogP contribution in [-0.2, 0) is 10.2 Å². The summed E-state index contributed by atoms with van der Waals surface area (Å²) in [6.07, 6.45) is 2.70. The standard InChI is InChI=1S/C18H21N3O3S/c1-11-15(25-17(19-11)18(2,3)4)16(23)20-13-8-6-5-7-12(13)9-10-14(22)21-24/h5-10,24H,1-4H3,(H,20,23)(H,21,22). The molecule has 0 radical (unpaired) electrons. The van der Waals surface area contributed by atoms with Gasteiger partial charge in [-0.1, -0.05) is 39.0 Å². The number of anilines is 1. The Kier molecular flexibility index (Phi) is 5.71. The van der Waals surface area contributed by atoms with Gasteiger partial charge in [-0.05, 0) is 24.6 Å². The Morgan fingerprint density at radius 3 is 2.52 bits per heavy atom. The van der Waals surface area contributed by atoms with E-state index < -0.39 is 5.91 Å². The summed E-state index contributed by atoms with van der Waals surface area (Å²) in [5.41, 5.74) is 3.32. The minimum Gasteiger partial charge on any atom is -0.321 e. The molecule has 0 aliphatic carbocycles. The van der Waals surface area contributed by atoms with Gasteiger partial charge in [-0.25, -0.2) is 10.5 Å². The zero-order valence-corrected chi connectivity index (χ0v) is 15.4. The van der Waals surface area contributed by atoms with Crippen molar-refractivity contribution in [3.8, 4) is 0 Å². The van der Waals surface area contributed by atoms with Crippen LogP contribution in [0.25, 0.3) is 6.08 Å². The Morgan fingerprint density at radius 1 is 1.24 bits per heavy atom. The first kappa shape index (κ1) is 18.8. The average molecular weight is 359 g/mol. The highest BCUT2D eigenvalue weighted by molar-refractivity contribution is 7.14. The molecule has 0 fully saturated rings. The van der Waals surface area contributed by atoms with Crippen molar-refractivity contribution in [2.45, 2.75) is 33.1 Å². The molecule has 2 amide bonds. The first-order chi connectivity index (χ1) is 11.7. The van der Waals surface area contributed by atoms with Crippen LogP contribution in [0.3, 0.4) is 0 Å². The molecular weight excluding hydrogens is 338 g/mol. The van der Waals surface area contributed by atoms with Crippen LogP contribution in [0.1, 0.15) is 46.7 Å². The molecule has 0 spiro atoms. The van der Waals surface area contributed by atoms with E-state index in [1.54, 1.807) is 24.3 Å². The highest BCUT2D eigenvalue weighted by atomic mass is 32.1. The minimum atomic E-state index is -0.644. The van der Waals surface area contributed by atoms with E-state index in [0.717, 1.165) is 5.01 Å². The number of aromatic nitrogens is 1. The van der Waals surface area contributed by atoms with E-state index in [4.69, 9.17) is 5.21 Å². The van der Waals surface area contributed by atoms with Gasteiger partial charge in [0.15, 0.2) is 0 Å². The third-order valence-electron chi connectivity index (χ3n) is 3.38. The molecule has 2 rings (SSSR count). The van der Waals surface area contributed by atoms with E-state index in [1.807, 2.05) is 6.92 Å². The number of rotatable bonds is 4. The van der Waals surface area contributed by atoms with Gasteiger partial charge in [0.05, 0.1) is 10.7 Å². The lowest BCUT2D eigenvalue weighted by molar-refractivity contribution is -0.124. The Labute approximate surface area is 150 Å². The van der Waals surface area contributed by atoms with Crippen molar-refractivity contribution in [2.75, 3.05) is 5.32 Å². The van der Waals surface area contributed by atoms with Crippen LogP contribution in [0.5, 0.6) is 0 Å². The predicted molar refractivity (Wildman–Crippen MR) is 98.9 cm³/mol. The fraction of sp³-hybridized carbons (Fsp3) is 0.278. The van der Waals surface area contributed by atoms with Gasteiger partial charge >= 0.3 is 0 Å². The molecule has 1 aromatic heterocycles. The van der Waals surface area contributed by atoms with Gasteiger partial charge in [-0.15, -0.1) is 11.3 Å². The third kappa shape index (κ3) is 4.74. The molecule has 0 unspecified atom stereocenters. The second-order valence-electron chi connectivity index (χ2n) is 6.53. The van der Waals surface area contributed by atoms with Crippen molar-refractivity contribution in [3.63, 3.8) is 0 Å². The number of hydrogen-bond acceptors (Lipinski definition) is 5. The molecule has 0 aliphatic heterocycles. The molecule has 0 saturated heterocycles. The number of carbonyl (C=O) groups is 2. The van der Waals surface area contributed by atoms with E-state index in [-0.39, 0.29) is 11.3 Å². The van der Waals surface area contributed by atoms with Crippen molar-refractivity contribution in [1.82, 2.24) is 10.5 Å². The number of hydrogen-bond donors (Lipinski definition) is 3. The topological polar surface area (TPSA) is 91.3 Å². The van der Waals surface area contributed by atoms with Crippen molar-refractivity contribution in [3.05, 3.63) is 51.5 Å². The molecule has 0 bridgehead atoms. The molecule has 0 atom stereocenters. The Hall–Kier alpha value is -2.51. The fourth-order valence-corrected chi connectivity index (χ4v) is 3.09. The van der Waals surface area contributed by atoms with Gasteiger partial charge in [0, 0.05) is 17.2 Å². The Morgan fingerprint density at radius 2 is 1.92 bits per heavy atom. The van der Waals surface area contributed by atoms with E-state index in [0.29, 0.717) is 21.8 Å². The number of aryl methyl sites for hydroxylation is 1. The maximum Gasteiger partial charge on any atom is 0.267 e. The smallest absolute Gasteiger partial charge is 0.267 e. The summed E-state index contributed by atoms with van der Waals surface area (Å²) in [6, 6.07) is 7.09. The molecule has 0 saturated carbocycles. The molecular formula is C18H21N3O3S. The van der Waals surface area contributed by atoms with Gasteiger partial charge in [-0.3, -0.25) is 14.8 Å². The number of hydroxylamine groups is 1. The quantitative estimate of drug-likeness (QED) is 0.442. The number of nitrogens with zero attached hydrogens (tertiary/aromatic N) is 1. The number of nitrogens with one attached hydrogen (secondary N) is 2. The molecule has 1 aromatic carbocycles. The summed E-state index contributed by atoms with van der Waals surface area (Å²) < 4.78 is 0. The molecule has 0 aliphatic rings. The number of carbonyl (C=O) groups excluding carboxylic acids is 2. The SMILES string of the molecule is Cc1nc(C(C)(C)C)sc1C(=O)Nc1ccccc1C=CC(=O)NO. The molecule has 3 N–H and O–H groups in total. The van der Waals surface area contributed by atoms with Crippen LogP contribution in [-0.4, -0.2) is 22.0 Å². The third-order valence-corrected chi connectivity index (χ3v) is 4.96. The number of para-hydroxylation sites is 1. The highest BCUT2D eigenvalue weighted by Gasteiger charge is 2.23. The maximum absolute atomic E-state index is 12.6. The normalized spacial score (nSPS) is 11.6. The second kappa shape index (κ2) is 7.58. The monoisotopic (exact) mass is 359 g/mol. The van der Waals surface area contributed by atoms with Crippen LogP contribution in [0.2, 0.25) is 0 Å². The van der Waals surface area contributed by atoms with Gasteiger partial charge in [0.2, 0.25) is 0 Å². The lowest BCUT2D eigenvalue weighted by Gasteiger charge is -2.13. The van der Waals surface area contributed by atoms with Gasteiger partial charge in [0.25, 0.3) is 11.8 Å². The second-order valence-corrected chi connectivity index (χ2v) is 7.53. The zero-order chi connectivity index (χ0) is 18.6. The van der Waals surface area contributed by atoms with Crippen molar-refractivity contribution >= 4 is 34.9 Å². The first-order valence-electron chi connectivity index (χ1n) is 7.73. The zero-order valence-electron chi connectivity index (χ0n) is 14.6. The van der Waals surface area contributed by atoms with Crippen LogP contribution in [0.4, 0.5) is 5.69 Å². The number of benzene rings is 1. The van der Waals surface area contributed by atoms with Gasteiger partial charge in [0.1, 0.15) is 4.88 Å². The van der Waals surface area contributed by atoms with Gasteiger partial charge < -0.3 is 5.32 Å². The van der Waals surface area contributed by atoms with E-state index in [1.165, 1.54) is 29.0 Å². The Bertz CT molecular complexity index is 819. The summed E-state index contributed by atoms with van der Waals surface area (Å²) >= 11 is 1.38. The van der Waals surface area contributed by atoms with E-state index in [2.05, 4.69) is 31.1 Å². The van der Waals surface area contributed by atoms with Gasteiger partial charge in [-0.2, -0.15) is 0 Å². The lowest BCUT2D eigenvalue weighted by Crippen LogP contribution is -2.15. The molecule has 25 heavy (non-hydrogen) atoms. The average Bonchev–Trinajstić information content (AvgIpc) is 2.96. The summed E-state index contributed by atoms with van der Waals surface area (Å²) in [7, 11) is 0. The van der Waals surface area contributed by atoms with E-state index in [9.17, 15) is 9.59 Å². The first-order valence-corrected chi connectivity index (χ1v) is 8.54. The highest BCUT2D eigenvalue weighted by Crippen LogP contribution is 2.30. The van der Waals surface area contributed by atoms with Crippen LogP contribution in [0, 0.1) is 6.92 Å². The predicted octanol–water partition coefficient (Wildman–Crippen LogP) is 3.52. The van der Waals surface area contributed by atoms with E-state index >= 15 is 0 Å². The summed E-state index contributed by atoms with van der Waals surface area (Å²) in [5.74, 6) is -0.882. The summed E-state index contributed by atoms with van der Waals surface area (Å²) in [5, 5.41) is 12.3. The molecule has 7 heteroatoms.